The van der Waals surface area contributed by atoms with Crippen LogP contribution in [-0.4, -0.2) is 29.6 Å². The Hall–Kier alpha value is -1.21. The molecule has 0 spiro atoms. The summed E-state index contributed by atoms with van der Waals surface area (Å²) in [5.74, 6) is 0.371. The number of pyridine rings is 1. The van der Waals surface area contributed by atoms with Crippen molar-refractivity contribution in [3.8, 4) is 5.88 Å². The van der Waals surface area contributed by atoms with E-state index in [2.05, 4.69) is 26.2 Å². The summed E-state index contributed by atoms with van der Waals surface area (Å²) >= 11 is 3.27. The van der Waals surface area contributed by atoms with Crippen LogP contribution in [0.2, 0.25) is 0 Å². The van der Waals surface area contributed by atoms with Crippen LogP contribution in [0.25, 0.3) is 0 Å². The number of hydrogen-bond acceptors (Lipinski definition) is 5. The topological polar surface area (TPSA) is 77.3 Å². The van der Waals surface area contributed by atoms with Crippen LogP contribution >= 0.6 is 15.9 Å². The molecular weight excluding hydrogens is 290 g/mol. The molecule has 0 radical (unpaired) electrons. The molecule has 1 aromatic rings. The second kappa shape index (κ2) is 5.92. The molecule has 0 amide bonds. The first-order chi connectivity index (χ1) is 7.97. The number of halogens is 1. The highest BCUT2D eigenvalue weighted by atomic mass is 79.9. The lowest BCUT2D eigenvalue weighted by molar-refractivity contribution is -0.385. The van der Waals surface area contributed by atoms with Gasteiger partial charge in [0.1, 0.15) is 12.3 Å². The van der Waals surface area contributed by atoms with Gasteiger partial charge in [-0.1, -0.05) is 0 Å². The van der Waals surface area contributed by atoms with E-state index in [4.69, 9.17) is 4.74 Å². The van der Waals surface area contributed by atoms with Gasteiger partial charge in [0, 0.05) is 12.1 Å². The quantitative estimate of drug-likeness (QED) is 0.665. The molecule has 0 aromatic carbocycles. The highest BCUT2D eigenvalue weighted by Gasteiger charge is 2.19. The van der Waals surface area contributed by atoms with Crippen LogP contribution in [0.1, 0.15) is 12.5 Å². The van der Waals surface area contributed by atoms with E-state index in [0.717, 1.165) is 0 Å². The Morgan fingerprint density at radius 1 is 1.71 bits per heavy atom. The van der Waals surface area contributed by atoms with Crippen molar-refractivity contribution in [3.63, 3.8) is 0 Å². The zero-order valence-corrected chi connectivity index (χ0v) is 11.4. The first kappa shape index (κ1) is 13.9. The van der Waals surface area contributed by atoms with E-state index >= 15 is 0 Å². The monoisotopic (exact) mass is 303 g/mol. The third-order valence-corrected chi connectivity index (χ3v) is 3.14. The predicted molar refractivity (Wildman–Crippen MR) is 67.3 cm³/mol. The molecule has 1 heterocycles. The number of rotatable bonds is 5. The van der Waals surface area contributed by atoms with E-state index in [1.54, 1.807) is 6.92 Å². The van der Waals surface area contributed by atoms with Crippen LogP contribution in [-0.2, 0) is 0 Å². The molecule has 1 atom stereocenters. The second-order valence-corrected chi connectivity index (χ2v) is 4.42. The van der Waals surface area contributed by atoms with Crippen LogP contribution in [0.15, 0.2) is 10.7 Å². The number of hydrogen-bond donors (Lipinski definition) is 1. The van der Waals surface area contributed by atoms with Crippen LogP contribution < -0.4 is 10.1 Å². The Morgan fingerprint density at radius 3 is 2.88 bits per heavy atom. The molecule has 1 unspecified atom stereocenters. The summed E-state index contributed by atoms with van der Waals surface area (Å²) in [7, 11) is 1.82. The zero-order chi connectivity index (χ0) is 13.0. The van der Waals surface area contributed by atoms with Crippen LogP contribution in [0.5, 0.6) is 5.88 Å². The number of aromatic nitrogens is 1. The summed E-state index contributed by atoms with van der Waals surface area (Å²) in [5, 5.41) is 13.7. The maximum atomic E-state index is 10.7. The largest absolute Gasteiger partial charge is 0.472 e. The van der Waals surface area contributed by atoms with Crippen molar-refractivity contribution < 1.29 is 9.66 Å². The Kier molecular flexibility index (Phi) is 4.83. The molecule has 94 valence electrons. The maximum Gasteiger partial charge on any atom is 0.291 e. The summed E-state index contributed by atoms with van der Waals surface area (Å²) in [6, 6.07) is 0. The molecule has 0 saturated heterocycles. The van der Waals surface area contributed by atoms with Crippen molar-refractivity contribution in [1.82, 2.24) is 10.3 Å². The molecule has 1 N–H and O–H groups in total. The molecule has 0 aliphatic heterocycles. The van der Waals surface area contributed by atoms with Gasteiger partial charge in [0.25, 0.3) is 5.69 Å². The van der Waals surface area contributed by atoms with Crippen molar-refractivity contribution in [2.75, 3.05) is 13.6 Å². The second-order valence-electron chi connectivity index (χ2n) is 3.63. The molecule has 0 fully saturated rings. The van der Waals surface area contributed by atoms with Crippen LogP contribution in [0.4, 0.5) is 5.69 Å². The van der Waals surface area contributed by atoms with Crippen molar-refractivity contribution in [3.05, 3.63) is 26.3 Å². The fourth-order valence-electron chi connectivity index (χ4n) is 1.33. The number of nitrogens with zero attached hydrogens (tertiary/aromatic N) is 2. The summed E-state index contributed by atoms with van der Waals surface area (Å²) in [5.41, 5.74) is 0.488. The van der Waals surface area contributed by atoms with E-state index in [1.807, 2.05) is 14.0 Å². The molecule has 1 rings (SSSR count). The predicted octanol–water partition coefficient (Wildman–Crippen LogP) is 2.05. The lowest BCUT2D eigenvalue weighted by Crippen LogP contribution is -2.26. The van der Waals surface area contributed by atoms with E-state index in [9.17, 15) is 10.1 Å². The van der Waals surface area contributed by atoms with Gasteiger partial charge in [-0.25, -0.2) is 4.98 Å². The lowest BCUT2D eigenvalue weighted by Gasteiger charge is -2.14. The summed E-state index contributed by atoms with van der Waals surface area (Å²) in [6.45, 7) is 4.21. The fraction of sp³-hybridized carbons (Fsp3) is 0.500. The minimum Gasteiger partial charge on any atom is -0.472 e. The molecular formula is C10H14BrN3O3. The highest BCUT2D eigenvalue weighted by Crippen LogP contribution is 2.32. The maximum absolute atomic E-state index is 10.7. The van der Waals surface area contributed by atoms with E-state index in [1.165, 1.54) is 6.20 Å². The van der Waals surface area contributed by atoms with Gasteiger partial charge < -0.3 is 10.1 Å². The van der Waals surface area contributed by atoms with Crippen molar-refractivity contribution in [1.29, 1.82) is 0 Å². The average molecular weight is 304 g/mol. The van der Waals surface area contributed by atoms with Crippen LogP contribution in [0.3, 0.4) is 0 Å². The van der Waals surface area contributed by atoms with E-state index < -0.39 is 4.92 Å². The molecule has 6 nitrogen and oxygen atoms in total. The molecule has 0 aliphatic carbocycles. The minimum atomic E-state index is -0.464. The Bertz CT molecular complexity index is 426. The van der Waals surface area contributed by atoms with Gasteiger partial charge in [-0.05, 0) is 36.8 Å². The Balaban J connectivity index is 2.96. The highest BCUT2D eigenvalue weighted by molar-refractivity contribution is 9.10. The standard InChI is InChI=1S/C10H14BrN3O3/c1-6(4-12-3)17-10-9(11)7(2)8(5-13-10)14(15)16/h5-6,12H,4H2,1-3H3. The van der Waals surface area contributed by atoms with Gasteiger partial charge in [-0.2, -0.15) is 0 Å². The number of nitrogens with one attached hydrogen (secondary N) is 1. The molecule has 1 aromatic heterocycles. The number of likely N-dealkylation sites (N-methyl/N-ethyl adjacent to an activating group) is 1. The smallest absolute Gasteiger partial charge is 0.291 e. The molecule has 7 heteroatoms. The number of ether oxygens (including phenoxy) is 1. The normalized spacial score (nSPS) is 12.2. The van der Waals surface area contributed by atoms with E-state index in [0.29, 0.717) is 22.5 Å². The molecule has 0 aliphatic rings. The van der Waals surface area contributed by atoms with Gasteiger partial charge in [0.05, 0.1) is 9.40 Å². The van der Waals surface area contributed by atoms with Gasteiger partial charge in [0.2, 0.25) is 5.88 Å². The van der Waals surface area contributed by atoms with Gasteiger partial charge >= 0.3 is 0 Å². The lowest BCUT2D eigenvalue weighted by atomic mass is 10.2. The first-order valence-corrected chi connectivity index (χ1v) is 5.87. The molecule has 0 bridgehead atoms. The number of nitro groups is 1. The summed E-state index contributed by atoms with van der Waals surface area (Å²) in [4.78, 5) is 14.2. The van der Waals surface area contributed by atoms with E-state index in [-0.39, 0.29) is 11.8 Å². The van der Waals surface area contributed by atoms with Crippen LogP contribution in [0, 0.1) is 17.0 Å². The SMILES string of the molecule is CNCC(C)Oc1ncc([N+](=O)[O-])c(C)c1Br. The van der Waals surface area contributed by atoms with Gasteiger partial charge in [-0.15, -0.1) is 0 Å². The minimum absolute atomic E-state index is 0.0227. The van der Waals surface area contributed by atoms with Crippen molar-refractivity contribution in [2.24, 2.45) is 0 Å². The average Bonchev–Trinajstić information content (AvgIpc) is 2.25. The van der Waals surface area contributed by atoms with Gasteiger partial charge in [-0.3, -0.25) is 10.1 Å². The Labute approximate surface area is 108 Å². The van der Waals surface area contributed by atoms with Crippen molar-refractivity contribution in [2.45, 2.75) is 20.0 Å². The third-order valence-electron chi connectivity index (χ3n) is 2.21. The summed E-state index contributed by atoms with van der Waals surface area (Å²) < 4.78 is 6.08. The Morgan fingerprint density at radius 2 is 2.35 bits per heavy atom. The zero-order valence-electron chi connectivity index (χ0n) is 9.86. The summed E-state index contributed by atoms with van der Waals surface area (Å²) in [6.07, 6.45) is 1.14. The molecule has 17 heavy (non-hydrogen) atoms. The third kappa shape index (κ3) is 3.37. The molecule has 0 saturated carbocycles. The van der Waals surface area contributed by atoms with Gasteiger partial charge in [0.15, 0.2) is 0 Å². The fourth-order valence-corrected chi connectivity index (χ4v) is 1.73. The first-order valence-electron chi connectivity index (χ1n) is 5.08. The van der Waals surface area contributed by atoms with Crippen molar-refractivity contribution >= 4 is 21.6 Å².